The zero-order valence-electron chi connectivity index (χ0n) is 11.9. The van der Waals surface area contributed by atoms with Crippen molar-refractivity contribution >= 4 is 34.9 Å². The highest BCUT2D eigenvalue weighted by atomic mass is 35.5. The standard InChI is InChI=1S/C17H16Cl2N2O/c18-14-9-8-13(11-15(14)19)20-17(22)21-10-4-7-16(21)12-5-2-1-3-6-12/h1-3,5-6,8-9,11,16H,4,7,10H2,(H,20,22)/t16-/m0/s1. The fourth-order valence-corrected chi connectivity index (χ4v) is 3.10. The van der Waals surface area contributed by atoms with Crippen LogP contribution in [0.2, 0.25) is 10.0 Å². The molecule has 0 bridgehead atoms. The van der Waals surface area contributed by atoms with E-state index in [2.05, 4.69) is 17.4 Å². The maximum absolute atomic E-state index is 12.5. The van der Waals surface area contributed by atoms with Crippen molar-refractivity contribution in [3.8, 4) is 0 Å². The molecule has 1 N–H and O–H groups in total. The maximum Gasteiger partial charge on any atom is 0.322 e. The molecule has 1 aliphatic rings. The maximum atomic E-state index is 12.5. The van der Waals surface area contributed by atoms with Gasteiger partial charge in [-0.25, -0.2) is 4.79 Å². The second kappa shape index (κ2) is 6.59. The van der Waals surface area contributed by atoms with Crippen molar-refractivity contribution < 1.29 is 4.79 Å². The van der Waals surface area contributed by atoms with Crippen molar-refractivity contribution in [1.82, 2.24) is 4.90 Å². The van der Waals surface area contributed by atoms with Crippen molar-refractivity contribution in [2.24, 2.45) is 0 Å². The lowest BCUT2D eigenvalue weighted by atomic mass is 10.1. The van der Waals surface area contributed by atoms with E-state index in [4.69, 9.17) is 23.2 Å². The molecule has 0 spiro atoms. The summed E-state index contributed by atoms with van der Waals surface area (Å²) in [7, 11) is 0. The Kier molecular flexibility index (Phi) is 4.55. The summed E-state index contributed by atoms with van der Waals surface area (Å²) < 4.78 is 0. The van der Waals surface area contributed by atoms with Crippen LogP contribution in [0.15, 0.2) is 48.5 Å². The summed E-state index contributed by atoms with van der Waals surface area (Å²) in [4.78, 5) is 14.4. The molecule has 0 unspecified atom stereocenters. The lowest BCUT2D eigenvalue weighted by Crippen LogP contribution is -2.34. The molecule has 3 nitrogen and oxygen atoms in total. The number of hydrogen-bond acceptors (Lipinski definition) is 1. The predicted octanol–water partition coefficient (Wildman–Crippen LogP) is 5.36. The first-order valence-electron chi connectivity index (χ1n) is 7.23. The highest BCUT2D eigenvalue weighted by molar-refractivity contribution is 6.42. The van der Waals surface area contributed by atoms with Crippen molar-refractivity contribution in [3.05, 3.63) is 64.1 Å². The molecule has 22 heavy (non-hydrogen) atoms. The fourth-order valence-electron chi connectivity index (χ4n) is 2.80. The SMILES string of the molecule is O=C(Nc1ccc(Cl)c(Cl)c1)N1CCC[C@H]1c1ccccc1. The van der Waals surface area contributed by atoms with Crippen molar-refractivity contribution in [2.75, 3.05) is 11.9 Å². The Balaban J connectivity index is 1.75. The summed E-state index contributed by atoms with van der Waals surface area (Å²) in [6.07, 6.45) is 1.99. The molecular formula is C17H16Cl2N2O. The number of urea groups is 1. The molecule has 3 rings (SSSR count). The van der Waals surface area contributed by atoms with E-state index in [1.165, 1.54) is 5.56 Å². The van der Waals surface area contributed by atoms with Crippen LogP contribution >= 0.6 is 23.2 Å². The van der Waals surface area contributed by atoms with Gasteiger partial charge in [-0.2, -0.15) is 0 Å². The molecule has 0 radical (unpaired) electrons. The minimum atomic E-state index is -0.107. The number of rotatable bonds is 2. The first-order valence-corrected chi connectivity index (χ1v) is 7.98. The second-order valence-corrected chi connectivity index (χ2v) is 6.14. The summed E-state index contributed by atoms with van der Waals surface area (Å²) >= 11 is 11.9. The van der Waals surface area contributed by atoms with Gasteiger partial charge in [-0.3, -0.25) is 0 Å². The number of benzene rings is 2. The van der Waals surface area contributed by atoms with E-state index in [0.717, 1.165) is 19.4 Å². The number of carbonyl (C=O) groups is 1. The first-order chi connectivity index (χ1) is 10.6. The zero-order valence-corrected chi connectivity index (χ0v) is 13.4. The number of halogens is 2. The molecular weight excluding hydrogens is 319 g/mol. The Labute approximate surface area is 139 Å². The average molecular weight is 335 g/mol. The largest absolute Gasteiger partial charge is 0.322 e. The van der Waals surface area contributed by atoms with Gasteiger partial charge >= 0.3 is 6.03 Å². The summed E-state index contributed by atoms with van der Waals surface area (Å²) in [5, 5.41) is 3.80. The van der Waals surface area contributed by atoms with E-state index in [0.29, 0.717) is 15.7 Å². The van der Waals surface area contributed by atoms with Crippen LogP contribution in [0.1, 0.15) is 24.4 Å². The van der Waals surface area contributed by atoms with E-state index >= 15 is 0 Å². The Morgan fingerprint density at radius 2 is 1.86 bits per heavy atom. The van der Waals surface area contributed by atoms with Gasteiger partial charge in [0.15, 0.2) is 0 Å². The molecule has 1 atom stereocenters. The second-order valence-electron chi connectivity index (χ2n) is 5.32. The van der Waals surface area contributed by atoms with E-state index < -0.39 is 0 Å². The van der Waals surface area contributed by atoms with Crippen LogP contribution in [-0.2, 0) is 0 Å². The minimum Gasteiger partial charge on any atom is -0.317 e. The van der Waals surface area contributed by atoms with Crippen molar-refractivity contribution in [1.29, 1.82) is 0 Å². The topological polar surface area (TPSA) is 32.3 Å². The molecule has 0 aliphatic carbocycles. The molecule has 2 amide bonds. The molecule has 114 valence electrons. The molecule has 1 aliphatic heterocycles. The lowest BCUT2D eigenvalue weighted by molar-refractivity contribution is 0.207. The minimum absolute atomic E-state index is 0.107. The number of anilines is 1. The number of nitrogens with zero attached hydrogens (tertiary/aromatic N) is 1. The monoisotopic (exact) mass is 334 g/mol. The van der Waals surface area contributed by atoms with Gasteiger partial charge in [0.05, 0.1) is 16.1 Å². The third-order valence-corrected chi connectivity index (χ3v) is 4.61. The van der Waals surface area contributed by atoms with E-state index in [1.54, 1.807) is 18.2 Å². The molecule has 2 aromatic rings. The molecule has 1 saturated heterocycles. The van der Waals surface area contributed by atoms with Gasteiger partial charge in [0.1, 0.15) is 0 Å². The fraction of sp³-hybridized carbons (Fsp3) is 0.235. The van der Waals surface area contributed by atoms with Gasteiger partial charge in [-0.05, 0) is 36.6 Å². The highest BCUT2D eigenvalue weighted by Crippen LogP contribution is 2.32. The molecule has 1 fully saturated rings. The highest BCUT2D eigenvalue weighted by Gasteiger charge is 2.29. The summed E-state index contributed by atoms with van der Waals surface area (Å²) in [6, 6.07) is 15.2. The van der Waals surface area contributed by atoms with Gasteiger partial charge in [-0.15, -0.1) is 0 Å². The summed E-state index contributed by atoms with van der Waals surface area (Å²) in [5.41, 5.74) is 1.82. The van der Waals surface area contributed by atoms with Crippen molar-refractivity contribution in [3.63, 3.8) is 0 Å². The van der Waals surface area contributed by atoms with E-state index in [1.807, 2.05) is 23.1 Å². The summed E-state index contributed by atoms with van der Waals surface area (Å²) in [6.45, 7) is 0.757. The molecule has 2 aromatic carbocycles. The van der Waals surface area contributed by atoms with Gasteiger partial charge in [0.25, 0.3) is 0 Å². The number of likely N-dealkylation sites (tertiary alicyclic amines) is 1. The average Bonchev–Trinajstić information content (AvgIpc) is 3.01. The van der Waals surface area contributed by atoms with Crippen LogP contribution < -0.4 is 5.32 Å². The first kappa shape index (κ1) is 15.2. The molecule has 0 aromatic heterocycles. The van der Waals surface area contributed by atoms with Crippen LogP contribution in [0.25, 0.3) is 0 Å². The predicted molar refractivity (Wildman–Crippen MR) is 90.6 cm³/mol. The van der Waals surface area contributed by atoms with Gasteiger partial charge in [0, 0.05) is 12.2 Å². The van der Waals surface area contributed by atoms with Crippen LogP contribution in [0, 0.1) is 0 Å². The van der Waals surface area contributed by atoms with E-state index in [9.17, 15) is 4.79 Å². The third-order valence-electron chi connectivity index (χ3n) is 3.87. The quantitative estimate of drug-likeness (QED) is 0.787. The van der Waals surface area contributed by atoms with Gasteiger partial charge < -0.3 is 10.2 Å². The molecule has 5 heteroatoms. The normalized spacial score (nSPS) is 17.5. The Morgan fingerprint density at radius 3 is 2.59 bits per heavy atom. The zero-order chi connectivity index (χ0) is 15.5. The molecule has 1 heterocycles. The third kappa shape index (κ3) is 3.21. The van der Waals surface area contributed by atoms with Crippen LogP contribution in [0.3, 0.4) is 0 Å². The smallest absolute Gasteiger partial charge is 0.317 e. The van der Waals surface area contributed by atoms with Crippen LogP contribution in [-0.4, -0.2) is 17.5 Å². The molecule has 0 saturated carbocycles. The van der Waals surface area contributed by atoms with Crippen LogP contribution in [0.5, 0.6) is 0 Å². The van der Waals surface area contributed by atoms with Crippen LogP contribution in [0.4, 0.5) is 10.5 Å². The van der Waals surface area contributed by atoms with Gasteiger partial charge in [0.2, 0.25) is 0 Å². The lowest BCUT2D eigenvalue weighted by Gasteiger charge is -2.25. The van der Waals surface area contributed by atoms with Crippen molar-refractivity contribution in [2.45, 2.75) is 18.9 Å². The van der Waals surface area contributed by atoms with Gasteiger partial charge in [-0.1, -0.05) is 53.5 Å². The Hall–Kier alpha value is -1.71. The Morgan fingerprint density at radius 1 is 1.09 bits per heavy atom. The number of nitrogens with one attached hydrogen (secondary N) is 1. The number of hydrogen-bond donors (Lipinski definition) is 1. The number of carbonyl (C=O) groups excluding carboxylic acids is 1. The number of amides is 2. The summed E-state index contributed by atoms with van der Waals surface area (Å²) in [5.74, 6) is 0. The van der Waals surface area contributed by atoms with E-state index in [-0.39, 0.29) is 12.1 Å². The Bertz CT molecular complexity index is 676.